The first kappa shape index (κ1) is 14.6. The molecule has 0 aliphatic heterocycles. The predicted octanol–water partition coefficient (Wildman–Crippen LogP) is 1.92. The summed E-state index contributed by atoms with van der Waals surface area (Å²) in [5, 5.41) is 0. The van der Waals surface area contributed by atoms with Crippen LogP contribution in [0.5, 0.6) is 0 Å². The smallest absolute Gasteiger partial charge is 0.337 e. The molecule has 0 aliphatic carbocycles. The monoisotopic (exact) mass is 224 g/mol. The number of hydrogen-bond donors (Lipinski definition) is 1. The molecule has 0 unspecified atom stereocenters. The van der Waals surface area contributed by atoms with Crippen LogP contribution in [0.25, 0.3) is 0 Å². The van der Waals surface area contributed by atoms with E-state index in [0.717, 1.165) is 5.69 Å². The molecule has 1 heterocycles. The van der Waals surface area contributed by atoms with Crippen LogP contribution in [-0.2, 0) is 4.74 Å². The molecular formula is C12H20N2O2. The van der Waals surface area contributed by atoms with Crippen molar-refractivity contribution in [3.8, 4) is 0 Å². The second kappa shape index (κ2) is 6.23. The van der Waals surface area contributed by atoms with Crippen molar-refractivity contribution in [3.63, 3.8) is 0 Å². The summed E-state index contributed by atoms with van der Waals surface area (Å²) in [7, 11) is 1.36. The number of ether oxygens (including phenoxy) is 1. The molecule has 0 atom stereocenters. The molecule has 0 radical (unpaired) electrons. The topological polar surface area (TPSA) is 65.2 Å². The highest BCUT2D eigenvalue weighted by Crippen LogP contribution is 2.01. The molecule has 1 rings (SSSR count). The highest BCUT2D eigenvalue weighted by Gasteiger charge is 2.03. The van der Waals surface area contributed by atoms with Crippen molar-refractivity contribution in [1.29, 1.82) is 0 Å². The van der Waals surface area contributed by atoms with Crippen molar-refractivity contribution in [2.45, 2.75) is 33.2 Å². The molecule has 90 valence electrons. The van der Waals surface area contributed by atoms with Crippen molar-refractivity contribution < 1.29 is 9.53 Å². The van der Waals surface area contributed by atoms with E-state index in [1.807, 2.05) is 27.7 Å². The van der Waals surface area contributed by atoms with Gasteiger partial charge in [0.1, 0.15) is 0 Å². The Kier molecular flexibility index (Phi) is 5.67. The van der Waals surface area contributed by atoms with Crippen LogP contribution in [0.2, 0.25) is 0 Å². The van der Waals surface area contributed by atoms with Gasteiger partial charge >= 0.3 is 5.97 Å². The Morgan fingerprint density at radius 1 is 1.44 bits per heavy atom. The van der Waals surface area contributed by atoms with Gasteiger partial charge in [-0.1, -0.05) is 0 Å². The number of pyridine rings is 1. The third kappa shape index (κ3) is 7.94. The fraction of sp³-hybridized carbons (Fsp3) is 0.500. The maximum Gasteiger partial charge on any atom is 0.337 e. The number of carbonyl (C=O) groups excluding carboxylic acids is 1. The highest BCUT2D eigenvalue weighted by molar-refractivity contribution is 5.89. The minimum atomic E-state index is -0.324. The molecule has 2 N–H and O–H groups in total. The Balaban J connectivity index is 0.000000385. The average Bonchev–Trinajstić information content (AvgIpc) is 2.14. The van der Waals surface area contributed by atoms with E-state index in [0.29, 0.717) is 5.56 Å². The van der Waals surface area contributed by atoms with Gasteiger partial charge in [0.15, 0.2) is 0 Å². The Morgan fingerprint density at radius 2 is 1.94 bits per heavy atom. The number of esters is 1. The minimum absolute atomic E-state index is 0. The summed E-state index contributed by atoms with van der Waals surface area (Å²) in [4.78, 5) is 14.9. The van der Waals surface area contributed by atoms with Crippen LogP contribution in [0.1, 0.15) is 36.8 Å². The lowest BCUT2D eigenvalue weighted by molar-refractivity contribution is 0.0600. The molecule has 0 saturated heterocycles. The van der Waals surface area contributed by atoms with Crippen LogP contribution in [0.4, 0.5) is 0 Å². The quantitative estimate of drug-likeness (QED) is 0.740. The number of methoxy groups -OCH3 is 1. The second-order valence-electron chi connectivity index (χ2n) is 4.54. The fourth-order valence-corrected chi connectivity index (χ4v) is 0.790. The van der Waals surface area contributed by atoms with Gasteiger partial charge in [-0.15, -0.1) is 0 Å². The molecule has 0 fully saturated rings. The van der Waals surface area contributed by atoms with Gasteiger partial charge in [0, 0.05) is 17.4 Å². The normalized spacial score (nSPS) is 10.1. The van der Waals surface area contributed by atoms with E-state index in [9.17, 15) is 4.79 Å². The lowest BCUT2D eigenvalue weighted by atomic mass is 10.1. The zero-order valence-corrected chi connectivity index (χ0v) is 10.6. The second-order valence-corrected chi connectivity index (χ2v) is 4.54. The molecule has 0 spiro atoms. The van der Waals surface area contributed by atoms with Gasteiger partial charge in [-0.3, -0.25) is 4.98 Å². The number of aryl methyl sites for hydroxylation is 1. The maximum atomic E-state index is 10.9. The Morgan fingerprint density at radius 3 is 2.31 bits per heavy atom. The zero-order valence-electron chi connectivity index (χ0n) is 10.6. The van der Waals surface area contributed by atoms with Gasteiger partial charge in [-0.05, 0) is 39.8 Å². The van der Waals surface area contributed by atoms with E-state index in [1.54, 1.807) is 18.3 Å². The van der Waals surface area contributed by atoms with Crippen LogP contribution in [0.15, 0.2) is 18.3 Å². The van der Waals surface area contributed by atoms with E-state index in [2.05, 4.69) is 9.72 Å². The predicted molar refractivity (Wildman–Crippen MR) is 64.3 cm³/mol. The highest BCUT2D eigenvalue weighted by atomic mass is 16.5. The van der Waals surface area contributed by atoms with Crippen LogP contribution in [0, 0.1) is 6.92 Å². The summed E-state index contributed by atoms with van der Waals surface area (Å²) in [6.07, 6.45) is 1.58. The van der Waals surface area contributed by atoms with Gasteiger partial charge in [0.25, 0.3) is 0 Å². The van der Waals surface area contributed by atoms with Crippen molar-refractivity contribution in [3.05, 3.63) is 29.6 Å². The van der Waals surface area contributed by atoms with Crippen LogP contribution >= 0.6 is 0 Å². The first-order valence-corrected chi connectivity index (χ1v) is 5.04. The van der Waals surface area contributed by atoms with Gasteiger partial charge in [0.2, 0.25) is 0 Å². The lowest BCUT2D eigenvalue weighted by Gasteiger charge is -2.06. The van der Waals surface area contributed by atoms with Crippen LogP contribution in [-0.4, -0.2) is 23.6 Å². The maximum absolute atomic E-state index is 10.9. The Bertz CT molecular complexity index is 337. The largest absolute Gasteiger partial charge is 0.465 e. The lowest BCUT2D eigenvalue weighted by Crippen LogP contribution is -2.26. The summed E-state index contributed by atoms with van der Waals surface area (Å²) in [5.41, 5.74) is 6.71. The van der Waals surface area contributed by atoms with Crippen LogP contribution < -0.4 is 5.73 Å². The molecule has 0 saturated carbocycles. The Labute approximate surface area is 96.8 Å². The average molecular weight is 224 g/mol. The number of carbonyl (C=O) groups is 1. The number of hydrogen-bond acceptors (Lipinski definition) is 4. The molecule has 4 heteroatoms. The number of aromatic nitrogens is 1. The van der Waals surface area contributed by atoms with Crippen molar-refractivity contribution >= 4 is 5.97 Å². The van der Waals surface area contributed by atoms with E-state index < -0.39 is 0 Å². The summed E-state index contributed by atoms with van der Waals surface area (Å²) in [6.45, 7) is 7.72. The third-order valence-electron chi connectivity index (χ3n) is 1.32. The number of nitrogens with zero attached hydrogens (tertiary/aromatic N) is 1. The summed E-state index contributed by atoms with van der Waals surface area (Å²) >= 11 is 0. The van der Waals surface area contributed by atoms with E-state index in [4.69, 9.17) is 5.73 Å². The summed E-state index contributed by atoms with van der Waals surface area (Å²) in [5.74, 6) is -0.324. The van der Waals surface area contributed by atoms with E-state index in [-0.39, 0.29) is 11.5 Å². The number of rotatable bonds is 1. The molecular weight excluding hydrogens is 204 g/mol. The summed E-state index contributed by atoms with van der Waals surface area (Å²) < 4.78 is 4.52. The van der Waals surface area contributed by atoms with Crippen molar-refractivity contribution in [1.82, 2.24) is 4.98 Å². The molecule has 0 bridgehead atoms. The SMILES string of the molecule is CC(C)(C)N.COC(=O)c1ccnc(C)c1. The Hall–Kier alpha value is -1.42. The summed E-state index contributed by atoms with van der Waals surface area (Å²) in [6, 6.07) is 3.31. The van der Waals surface area contributed by atoms with E-state index in [1.165, 1.54) is 7.11 Å². The molecule has 0 aromatic carbocycles. The van der Waals surface area contributed by atoms with Gasteiger partial charge in [-0.2, -0.15) is 0 Å². The number of nitrogens with two attached hydrogens (primary N) is 1. The minimum Gasteiger partial charge on any atom is -0.465 e. The van der Waals surface area contributed by atoms with Gasteiger partial charge < -0.3 is 10.5 Å². The first-order chi connectivity index (χ1) is 7.24. The van der Waals surface area contributed by atoms with Crippen LogP contribution in [0.3, 0.4) is 0 Å². The van der Waals surface area contributed by atoms with Gasteiger partial charge in [-0.25, -0.2) is 4.79 Å². The molecule has 0 aliphatic rings. The molecule has 0 amide bonds. The zero-order chi connectivity index (χ0) is 12.8. The van der Waals surface area contributed by atoms with Crippen molar-refractivity contribution in [2.24, 2.45) is 5.73 Å². The molecule has 1 aromatic rings. The van der Waals surface area contributed by atoms with Gasteiger partial charge in [0.05, 0.1) is 12.7 Å². The first-order valence-electron chi connectivity index (χ1n) is 5.04. The van der Waals surface area contributed by atoms with Crippen molar-refractivity contribution in [2.75, 3.05) is 7.11 Å². The standard InChI is InChI=1S/C8H9NO2.C4H11N/c1-6-5-7(3-4-9-6)8(10)11-2;1-4(2,3)5/h3-5H,1-2H3;5H2,1-3H3. The van der Waals surface area contributed by atoms with E-state index >= 15 is 0 Å². The third-order valence-corrected chi connectivity index (χ3v) is 1.32. The molecule has 4 nitrogen and oxygen atoms in total. The fourth-order valence-electron chi connectivity index (χ4n) is 0.790. The molecule has 1 aromatic heterocycles. The molecule has 16 heavy (non-hydrogen) atoms.